The van der Waals surface area contributed by atoms with Gasteiger partial charge in [0.25, 0.3) is 0 Å². The summed E-state index contributed by atoms with van der Waals surface area (Å²) in [5.41, 5.74) is 0. The number of hydrogen-bond donors (Lipinski definition) is 2. The average molecular weight is 120 g/mol. The molecule has 0 saturated carbocycles. The Morgan fingerprint density at radius 3 is 2.25 bits per heavy atom. The molecule has 8 heavy (non-hydrogen) atoms. The van der Waals surface area contributed by atoms with Gasteiger partial charge in [0.2, 0.25) is 0 Å². The van der Waals surface area contributed by atoms with Crippen molar-refractivity contribution in [1.82, 2.24) is 0 Å². The molecule has 0 aromatic carbocycles. The van der Waals surface area contributed by atoms with Crippen LogP contribution < -0.4 is 0 Å². The highest BCUT2D eigenvalue weighted by molar-refractivity contribution is 6.40. The Balaban J connectivity index is 2.72. The van der Waals surface area contributed by atoms with E-state index in [1.54, 1.807) is 0 Å². The second-order valence-electron chi connectivity index (χ2n) is 1.67. The second kappa shape index (κ2) is 5.06. The summed E-state index contributed by atoms with van der Waals surface area (Å²) in [4.78, 5) is 0. The number of alkyl halides is 1. The van der Waals surface area contributed by atoms with Gasteiger partial charge in [0.05, 0.1) is 6.67 Å². The summed E-state index contributed by atoms with van der Waals surface area (Å²) in [6.07, 6.45) is 1.26. The molecule has 2 nitrogen and oxygen atoms in total. The van der Waals surface area contributed by atoms with E-state index < -0.39 is 7.12 Å². The van der Waals surface area contributed by atoms with Crippen LogP contribution in [-0.2, 0) is 0 Å². The lowest BCUT2D eigenvalue weighted by Crippen LogP contribution is -2.09. The van der Waals surface area contributed by atoms with Crippen molar-refractivity contribution in [3.8, 4) is 0 Å². The second-order valence-corrected chi connectivity index (χ2v) is 1.67. The van der Waals surface area contributed by atoms with E-state index in [1.165, 1.54) is 0 Å². The predicted octanol–water partition coefficient (Wildman–Crippen LogP) is 0.209. The molecule has 0 spiro atoms. The average Bonchev–Trinajstić information content (AvgIpc) is 1.66. The van der Waals surface area contributed by atoms with E-state index in [-0.39, 0.29) is 13.0 Å². The molecule has 2 N–H and O–H groups in total. The van der Waals surface area contributed by atoms with Crippen LogP contribution in [0.1, 0.15) is 12.8 Å². The van der Waals surface area contributed by atoms with E-state index >= 15 is 0 Å². The number of halogens is 1. The zero-order chi connectivity index (χ0) is 6.41. The van der Waals surface area contributed by atoms with E-state index in [0.717, 1.165) is 0 Å². The van der Waals surface area contributed by atoms with Crippen molar-refractivity contribution in [2.24, 2.45) is 0 Å². The highest BCUT2D eigenvalue weighted by atomic mass is 19.1. The third-order valence-corrected chi connectivity index (χ3v) is 0.846. The molecule has 0 aromatic rings. The summed E-state index contributed by atoms with van der Waals surface area (Å²) < 4.78 is 11.3. The number of rotatable bonds is 4. The molecule has 0 amide bonds. The highest BCUT2D eigenvalue weighted by Gasteiger charge is 2.03. The molecule has 0 rings (SSSR count). The fourth-order valence-corrected chi connectivity index (χ4v) is 0.421. The Hall–Kier alpha value is -0.0851. The number of unbranched alkanes of at least 4 members (excludes halogenated alkanes) is 1. The molecule has 48 valence electrons. The largest absolute Gasteiger partial charge is 0.451 e. The summed E-state index contributed by atoms with van der Waals surface area (Å²) in [5.74, 6) is 0. The first-order valence-corrected chi connectivity index (χ1v) is 2.69. The Morgan fingerprint density at radius 2 is 1.88 bits per heavy atom. The van der Waals surface area contributed by atoms with Crippen LogP contribution in [0.25, 0.3) is 0 Å². The molecular formula is C4H10BFO2. The van der Waals surface area contributed by atoms with E-state index in [2.05, 4.69) is 0 Å². The zero-order valence-electron chi connectivity index (χ0n) is 4.68. The van der Waals surface area contributed by atoms with Crippen LogP contribution in [0, 0.1) is 0 Å². The van der Waals surface area contributed by atoms with Gasteiger partial charge < -0.3 is 10.0 Å². The molecule has 0 aliphatic rings. The van der Waals surface area contributed by atoms with Gasteiger partial charge in [-0.25, -0.2) is 0 Å². The molecule has 0 atom stereocenters. The van der Waals surface area contributed by atoms with Crippen molar-refractivity contribution < 1.29 is 14.4 Å². The fraction of sp³-hybridized carbons (Fsp3) is 1.00. The van der Waals surface area contributed by atoms with Crippen LogP contribution in [0.2, 0.25) is 6.32 Å². The Bertz CT molecular complexity index is 51.3. The first kappa shape index (κ1) is 7.91. The van der Waals surface area contributed by atoms with Crippen molar-refractivity contribution in [2.75, 3.05) is 6.67 Å². The maximum absolute atomic E-state index is 11.3. The van der Waals surface area contributed by atoms with Gasteiger partial charge in [0, 0.05) is 0 Å². The number of hydrogen-bond acceptors (Lipinski definition) is 2. The molecule has 0 saturated heterocycles. The lowest BCUT2D eigenvalue weighted by molar-refractivity contribution is 0.396. The van der Waals surface area contributed by atoms with Crippen molar-refractivity contribution in [1.29, 1.82) is 0 Å². The van der Waals surface area contributed by atoms with Crippen LogP contribution >= 0.6 is 0 Å². The van der Waals surface area contributed by atoms with Gasteiger partial charge in [0.1, 0.15) is 0 Å². The maximum atomic E-state index is 11.3. The molecule has 0 bridgehead atoms. The smallest absolute Gasteiger partial charge is 0.427 e. The van der Waals surface area contributed by atoms with E-state index in [9.17, 15) is 4.39 Å². The minimum absolute atomic E-state index is 0.282. The minimum Gasteiger partial charge on any atom is -0.427 e. The van der Waals surface area contributed by atoms with Gasteiger partial charge in [-0.1, -0.05) is 6.42 Å². The molecule has 0 radical (unpaired) electrons. The Morgan fingerprint density at radius 1 is 1.25 bits per heavy atom. The van der Waals surface area contributed by atoms with Gasteiger partial charge in [-0.3, -0.25) is 4.39 Å². The molecule has 0 unspecified atom stereocenters. The SMILES string of the molecule is OB(O)CCCCF. The summed E-state index contributed by atoms with van der Waals surface area (Å²) >= 11 is 0. The van der Waals surface area contributed by atoms with Crippen LogP contribution in [0.15, 0.2) is 0 Å². The van der Waals surface area contributed by atoms with Gasteiger partial charge in [0.15, 0.2) is 0 Å². The quantitative estimate of drug-likeness (QED) is 0.411. The minimum atomic E-state index is -1.26. The first-order valence-electron chi connectivity index (χ1n) is 2.69. The van der Waals surface area contributed by atoms with Crippen LogP contribution in [0.3, 0.4) is 0 Å². The van der Waals surface area contributed by atoms with Gasteiger partial charge >= 0.3 is 7.12 Å². The van der Waals surface area contributed by atoms with Crippen molar-refractivity contribution in [2.45, 2.75) is 19.2 Å². The molecule has 4 heteroatoms. The van der Waals surface area contributed by atoms with Crippen LogP contribution in [0.5, 0.6) is 0 Å². The molecule has 0 aliphatic heterocycles. The molecule has 0 aromatic heterocycles. The van der Waals surface area contributed by atoms with Gasteiger partial charge in [-0.15, -0.1) is 0 Å². The summed E-state index contributed by atoms with van der Waals surface area (Å²) in [7, 11) is -1.26. The molecular weight excluding hydrogens is 110 g/mol. The summed E-state index contributed by atoms with van der Waals surface area (Å²) in [6, 6.07) is 0. The fourth-order valence-electron chi connectivity index (χ4n) is 0.421. The van der Waals surface area contributed by atoms with E-state index in [1.807, 2.05) is 0 Å². The Labute approximate surface area is 48.5 Å². The van der Waals surface area contributed by atoms with Crippen molar-refractivity contribution >= 4 is 7.12 Å². The van der Waals surface area contributed by atoms with Gasteiger partial charge in [-0.2, -0.15) is 0 Å². The molecule has 0 fully saturated rings. The van der Waals surface area contributed by atoms with Crippen molar-refractivity contribution in [3.05, 3.63) is 0 Å². The van der Waals surface area contributed by atoms with Crippen molar-refractivity contribution in [3.63, 3.8) is 0 Å². The lowest BCUT2D eigenvalue weighted by atomic mass is 9.84. The standard InChI is InChI=1S/C4H10BFO2/c6-4-2-1-3-5(7)8/h7-8H,1-4H2. The Kier molecular flexibility index (Phi) is 5.01. The topological polar surface area (TPSA) is 40.5 Å². The summed E-state index contributed by atoms with van der Waals surface area (Å²) in [6.45, 7) is -0.368. The maximum Gasteiger partial charge on any atom is 0.451 e. The monoisotopic (exact) mass is 120 g/mol. The third kappa shape index (κ3) is 5.91. The van der Waals surface area contributed by atoms with E-state index in [4.69, 9.17) is 10.0 Å². The normalized spacial score (nSPS) is 9.38. The lowest BCUT2D eigenvalue weighted by Gasteiger charge is -1.93. The first-order chi connectivity index (χ1) is 3.77. The van der Waals surface area contributed by atoms with Crippen LogP contribution in [0.4, 0.5) is 4.39 Å². The molecule has 0 heterocycles. The third-order valence-electron chi connectivity index (χ3n) is 0.846. The highest BCUT2D eigenvalue weighted by Crippen LogP contribution is 1.96. The summed E-state index contributed by atoms with van der Waals surface area (Å²) in [5, 5.41) is 16.4. The van der Waals surface area contributed by atoms with E-state index in [0.29, 0.717) is 12.8 Å². The van der Waals surface area contributed by atoms with Crippen LogP contribution in [-0.4, -0.2) is 23.8 Å². The predicted molar refractivity (Wildman–Crippen MR) is 30.2 cm³/mol. The molecule has 0 aliphatic carbocycles. The van der Waals surface area contributed by atoms with Gasteiger partial charge in [-0.05, 0) is 12.7 Å². The zero-order valence-corrected chi connectivity index (χ0v) is 4.68.